The van der Waals surface area contributed by atoms with Crippen molar-refractivity contribution >= 4 is 5.91 Å². The van der Waals surface area contributed by atoms with Crippen LogP contribution in [0.3, 0.4) is 0 Å². The molecule has 1 aromatic rings. The zero-order valence-electron chi connectivity index (χ0n) is 17.1. The van der Waals surface area contributed by atoms with Crippen molar-refractivity contribution in [2.75, 3.05) is 33.8 Å². The molecular formula is C16H26N2O2. The summed E-state index contributed by atoms with van der Waals surface area (Å²) in [5, 5.41) is 3.07. The molecule has 0 unspecified atom stereocenters. The van der Waals surface area contributed by atoms with Gasteiger partial charge in [-0.05, 0) is 37.1 Å². The number of rotatable bonds is 9. The van der Waals surface area contributed by atoms with E-state index in [0.717, 1.165) is 5.56 Å². The second kappa shape index (κ2) is 9.37. The van der Waals surface area contributed by atoms with Crippen LogP contribution in [0.15, 0.2) is 24.3 Å². The van der Waals surface area contributed by atoms with Gasteiger partial charge in [0.1, 0.15) is 5.75 Å². The fourth-order valence-corrected chi connectivity index (χ4v) is 1.60. The Morgan fingerprint density at radius 1 is 1.50 bits per heavy atom. The van der Waals surface area contributed by atoms with Gasteiger partial charge < -0.3 is 15.0 Å². The van der Waals surface area contributed by atoms with Gasteiger partial charge in [-0.25, -0.2) is 0 Å². The fraction of sp³-hybridized carbons (Fsp3) is 0.562. The highest BCUT2D eigenvalue weighted by Gasteiger charge is 2.02. The van der Waals surface area contributed by atoms with E-state index >= 15 is 0 Å². The molecule has 0 aromatic heterocycles. The first-order valence-corrected chi connectivity index (χ1v) is 6.65. The molecule has 1 amide bonds. The van der Waals surface area contributed by atoms with Gasteiger partial charge in [-0.3, -0.25) is 4.79 Å². The lowest BCUT2D eigenvalue weighted by atomic mass is 10.1. The Balaban J connectivity index is 2.41. The summed E-state index contributed by atoms with van der Waals surface area (Å²) >= 11 is 0. The summed E-state index contributed by atoms with van der Waals surface area (Å²) in [6.07, 6.45) is -1.76. The number of likely N-dealkylation sites (N-methyl/N-ethyl adjacent to an activating group) is 1. The molecule has 0 aliphatic heterocycles. The molecule has 4 nitrogen and oxygen atoms in total. The minimum absolute atomic E-state index is 0.00949. The quantitative estimate of drug-likeness (QED) is 0.706. The maximum atomic E-state index is 11.5. The lowest BCUT2D eigenvalue weighted by Crippen LogP contribution is -2.33. The van der Waals surface area contributed by atoms with Crippen molar-refractivity contribution in [2.24, 2.45) is 0 Å². The second-order valence-corrected chi connectivity index (χ2v) is 4.64. The van der Waals surface area contributed by atoms with E-state index in [1.165, 1.54) is 4.90 Å². The van der Waals surface area contributed by atoms with E-state index < -0.39 is 13.2 Å². The number of nitrogens with one attached hydrogen (secondary N) is 1. The van der Waals surface area contributed by atoms with Crippen LogP contribution in [0.2, 0.25) is 0 Å². The highest BCUT2D eigenvalue weighted by Crippen LogP contribution is 2.14. The van der Waals surface area contributed by atoms with Crippen LogP contribution in [-0.2, 0) is 11.2 Å². The molecule has 1 aromatic carbocycles. The molecule has 0 spiro atoms. The van der Waals surface area contributed by atoms with E-state index in [0.29, 0.717) is 18.7 Å². The van der Waals surface area contributed by atoms with Crippen molar-refractivity contribution in [3.05, 3.63) is 29.8 Å². The van der Waals surface area contributed by atoms with Crippen LogP contribution in [0.1, 0.15) is 32.1 Å². The Bertz CT molecular complexity index is 562. The molecule has 4 heteroatoms. The Morgan fingerprint density at radius 2 is 2.35 bits per heavy atom. The number of carbonyl (C=O) groups excluding carboxylic acids is 1. The molecule has 20 heavy (non-hydrogen) atoms. The Kier molecular flexibility index (Phi) is 4.79. The van der Waals surface area contributed by atoms with E-state index in [1.54, 1.807) is 20.2 Å². The molecule has 0 fully saturated rings. The first-order chi connectivity index (χ1) is 11.5. The summed E-state index contributed by atoms with van der Waals surface area (Å²) in [5.74, 6) is 0.587. The van der Waals surface area contributed by atoms with E-state index in [9.17, 15) is 4.79 Å². The van der Waals surface area contributed by atoms with Gasteiger partial charge in [-0.1, -0.05) is 25.4 Å². The molecule has 0 aliphatic carbocycles. The standard InChI is InChI=1S/C16H26N2O2/c1-4-5-11-20-15-8-6-7-14(12-15)9-10-17-13-16(19)18(2)3/h6-8,12,17H,4-5,9-11,13H2,1-3H3/i1D3,4D2. The molecule has 0 saturated carbocycles. The topological polar surface area (TPSA) is 41.6 Å². The third kappa shape index (κ3) is 6.57. The van der Waals surface area contributed by atoms with Gasteiger partial charge in [-0.2, -0.15) is 0 Å². The van der Waals surface area contributed by atoms with Gasteiger partial charge in [0.15, 0.2) is 0 Å². The number of amides is 1. The zero-order valence-corrected chi connectivity index (χ0v) is 12.1. The van der Waals surface area contributed by atoms with Gasteiger partial charge >= 0.3 is 0 Å². The van der Waals surface area contributed by atoms with Gasteiger partial charge in [0.25, 0.3) is 0 Å². The van der Waals surface area contributed by atoms with Crippen LogP contribution in [0.25, 0.3) is 0 Å². The van der Waals surface area contributed by atoms with Crippen LogP contribution in [-0.4, -0.2) is 44.6 Å². The molecule has 0 bridgehead atoms. The SMILES string of the molecule is [2H]C([2H])([2H])C([2H])([2H])CCOc1cccc(CCNCC(=O)N(C)C)c1. The van der Waals surface area contributed by atoms with E-state index in [1.807, 2.05) is 18.2 Å². The smallest absolute Gasteiger partial charge is 0.236 e. The molecule has 112 valence electrons. The average Bonchev–Trinajstić information content (AvgIpc) is 2.50. The van der Waals surface area contributed by atoms with Crippen LogP contribution >= 0.6 is 0 Å². The summed E-state index contributed by atoms with van der Waals surface area (Å²) in [7, 11) is 3.42. The number of nitrogens with zero attached hydrogens (tertiary/aromatic N) is 1. The summed E-state index contributed by atoms with van der Waals surface area (Å²) in [6, 6.07) is 7.34. The lowest BCUT2D eigenvalue weighted by Gasteiger charge is -2.11. The van der Waals surface area contributed by atoms with Crippen molar-refractivity contribution < 1.29 is 16.4 Å². The van der Waals surface area contributed by atoms with E-state index in [2.05, 4.69) is 5.32 Å². The van der Waals surface area contributed by atoms with Gasteiger partial charge in [0.05, 0.1) is 13.2 Å². The summed E-state index contributed by atoms with van der Waals surface area (Å²) in [5.41, 5.74) is 1.01. The van der Waals surface area contributed by atoms with Crippen molar-refractivity contribution in [1.82, 2.24) is 10.2 Å². The summed E-state index contributed by atoms with van der Waals surface area (Å²) in [4.78, 5) is 13.0. The van der Waals surface area contributed by atoms with Crippen molar-refractivity contribution in [2.45, 2.75) is 26.1 Å². The number of hydrogen-bond acceptors (Lipinski definition) is 3. The monoisotopic (exact) mass is 283 g/mol. The first-order valence-electron chi connectivity index (χ1n) is 9.15. The molecule has 0 radical (unpaired) electrons. The predicted octanol–water partition coefficient (Wildman–Crippen LogP) is 2.09. The molecule has 0 saturated heterocycles. The van der Waals surface area contributed by atoms with Crippen molar-refractivity contribution in [3.63, 3.8) is 0 Å². The van der Waals surface area contributed by atoms with Crippen LogP contribution in [0, 0.1) is 0 Å². The largest absolute Gasteiger partial charge is 0.494 e. The summed E-state index contributed by atoms with van der Waals surface area (Å²) in [6.45, 7) is -1.74. The lowest BCUT2D eigenvalue weighted by molar-refractivity contribution is -0.127. The minimum Gasteiger partial charge on any atom is -0.494 e. The van der Waals surface area contributed by atoms with Gasteiger partial charge in [-0.15, -0.1) is 0 Å². The highest BCUT2D eigenvalue weighted by molar-refractivity contribution is 5.77. The molecule has 1 rings (SSSR count). The Morgan fingerprint density at radius 3 is 3.10 bits per heavy atom. The predicted molar refractivity (Wildman–Crippen MR) is 82.1 cm³/mol. The van der Waals surface area contributed by atoms with E-state index in [4.69, 9.17) is 11.6 Å². The third-order valence-electron chi connectivity index (χ3n) is 2.76. The fourth-order valence-electron chi connectivity index (χ4n) is 1.60. The van der Waals surface area contributed by atoms with Gasteiger partial charge in [0.2, 0.25) is 5.91 Å². The molecular weight excluding hydrogens is 252 g/mol. The maximum absolute atomic E-state index is 11.5. The molecule has 0 heterocycles. The van der Waals surface area contributed by atoms with Crippen LogP contribution < -0.4 is 10.1 Å². The Labute approximate surface area is 129 Å². The maximum Gasteiger partial charge on any atom is 0.236 e. The first kappa shape index (κ1) is 10.2. The van der Waals surface area contributed by atoms with Crippen LogP contribution in [0.5, 0.6) is 5.75 Å². The van der Waals surface area contributed by atoms with Gasteiger partial charge in [0, 0.05) is 20.9 Å². The number of ether oxygens (including phenoxy) is 1. The third-order valence-corrected chi connectivity index (χ3v) is 2.76. The van der Waals surface area contributed by atoms with Crippen LogP contribution in [0.4, 0.5) is 0 Å². The molecule has 0 atom stereocenters. The normalized spacial score (nSPS) is 15.4. The Hall–Kier alpha value is -1.55. The molecule has 0 aliphatic rings. The number of benzene rings is 1. The van der Waals surface area contributed by atoms with E-state index in [-0.39, 0.29) is 25.5 Å². The highest BCUT2D eigenvalue weighted by atomic mass is 16.5. The van der Waals surface area contributed by atoms with Crippen molar-refractivity contribution in [1.29, 1.82) is 0 Å². The zero-order chi connectivity index (χ0) is 19.1. The molecule has 1 N–H and O–H groups in total. The second-order valence-electron chi connectivity index (χ2n) is 4.64. The number of hydrogen-bond donors (Lipinski definition) is 1. The minimum atomic E-state index is -2.66. The summed E-state index contributed by atoms with van der Waals surface area (Å²) < 4.78 is 42.1. The average molecular weight is 283 g/mol. The number of carbonyl (C=O) groups is 1. The van der Waals surface area contributed by atoms with Crippen molar-refractivity contribution in [3.8, 4) is 5.75 Å².